The first-order valence-corrected chi connectivity index (χ1v) is 10.9. The van der Waals surface area contributed by atoms with E-state index in [-0.39, 0.29) is 23.8 Å². The van der Waals surface area contributed by atoms with E-state index in [9.17, 15) is 9.18 Å². The molecule has 3 aromatic rings. The fourth-order valence-corrected chi connectivity index (χ4v) is 5.47. The number of carbonyl (C=O) groups excluding carboxylic acids is 1. The van der Waals surface area contributed by atoms with Crippen LogP contribution in [-0.2, 0) is 4.74 Å². The smallest absolute Gasteiger partial charge is 0.263 e. The zero-order valence-corrected chi connectivity index (χ0v) is 17.7. The predicted octanol–water partition coefficient (Wildman–Crippen LogP) is 3.47. The lowest BCUT2D eigenvalue weighted by Gasteiger charge is -2.35. The first kappa shape index (κ1) is 20.3. The molecule has 0 bridgehead atoms. The Bertz CT molecular complexity index is 1000. The summed E-state index contributed by atoms with van der Waals surface area (Å²) in [6.07, 6.45) is 0. The number of ether oxygens (including phenoxy) is 1. The lowest BCUT2D eigenvalue weighted by molar-refractivity contribution is -0.940. The lowest BCUT2D eigenvalue weighted by Crippen LogP contribution is -3.15. The molecule has 0 aliphatic carbocycles. The molecule has 4 nitrogen and oxygen atoms in total. The van der Waals surface area contributed by atoms with Gasteiger partial charge in [0.05, 0.1) is 24.3 Å². The molecular formula is C22H23ClFN2O2S+. The van der Waals surface area contributed by atoms with Gasteiger partial charge < -0.3 is 15.0 Å². The first-order chi connectivity index (χ1) is 14.0. The fraction of sp³-hybridized carbons (Fsp3) is 0.318. The van der Waals surface area contributed by atoms with Crippen LogP contribution in [0.25, 0.3) is 10.1 Å². The normalized spacial score (nSPS) is 17.2. The van der Waals surface area contributed by atoms with Crippen LogP contribution in [0.5, 0.6) is 0 Å². The number of rotatable bonds is 5. The highest BCUT2D eigenvalue weighted by atomic mass is 35.5. The quantitative estimate of drug-likeness (QED) is 0.647. The van der Waals surface area contributed by atoms with E-state index in [4.69, 9.17) is 16.3 Å². The second-order valence-corrected chi connectivity index (χ2v) is 8.74. The second kappa shape index (κ2) is 8.79. The fourth-order valence-electron chi connectivity index (χ4n) is 4.02. The Kier molecular flexibility index (Phi) is 6.15. The Hall–Kier alpha value is -1.99. The summed E-state index contributed by atoms with van der Waals surface area (Å²) in [6.45, 7) is 5.24. The molecule has 2 heterocycles. The van der Waals surface area contributed by atoms with Gasteiger partial charge in [0.15, 0.2) is 0 Å². The number of hydrogen-bond acceptors (Lipinski definition) is 3. The molecule has 0 spiro atoms. The highest BCUT2D eigenvalue weighted by molar-refractivity contribution is 7.21. The minimum Gasteiger partial charge on any atom is -0.370 e. The Morgan fingerprint density at radius 3 is 2.66 bits per heavy atom. The predicted molar refractivity (Wildman–Crippen MR) is 114 cm³/mol. The van der Waals surface area contributed by atoms with Crippen molar-refractivity contribution in [2.45, 2.75) is 19.0 Å². The molecule has 1 saturated heterocycles. The summed E-state index contributed by atoms with van der Waals surface area (Å²) in [5.74, 6) is -0.562. The number of nitrogens with one attached hydrogen (secondary N) is 2. The zero-order valence-electron chi connectivity index (χ0n) is 16.1. The molecule has 4 rings (SSSR count). The number of halogens is 2. The van der Waals surface area contributed by atoms with Crippen molar-refractivity contribution >= 4 is 38.9 Å². The highest BCUT2D eigenvalue weighted by Gasteiger charge is 2.33. The maximum atomic E-state index is 13.5. The van der Waals surface area contributed by atoms with Gasteiger partial charge in [0.1, 0.15) is 29.8 Å². The van der Waals surface area contributed by atoms with Gasteiger partial charge in [0, 0.05) is 15.6 Å². The molecule has 0 radical (unpaired) electrons. The molecule has 1 aromatic heterocycles. The molecule has 2 N–H and O–H groups in total. The van der Waals surface area contributed by atoms with Gasteiger partial charge in [-0.25, -0.2) is 4.39 Å². The van der Waals surface area contributed by atoms with Crippen LogP contribution >= 0.6 is 22.9 Å². The van der Waals surface area contributed by atoms with E-state index < -0.39 is 0 Å². The number of benzene rings is 2. The minimum atomic E-state index is -0.337. The zero-order chi connectivity index (χ0) is 20.4. The van der Waals surface area contributed by atoms with E-state index in [1.807, 2.05) is 25.1 Å². The van der Waals surface area contributed by atoms with Crippen molar-refractivity contribution in [2.75, 3.05) is 26.3 Å². The van der Waals surface area contributed by atoms with Gasteiger partial charge in [-0.1, -0.05) is 41.9 Å². The van der Waals surface area contributed by atoms with E-state index in [2.05, 4.69) is 17.4 Å². The maximum absolute atomic E-state index is 13.5. The number of morpholine rings is 1. The number of fused-ring (bicyclic) bond motifs is 1. The highest BCUT2D eigenvalue weighted by Crippen LogP contribution is 2.35. The molecule has 1 fully saturated rings. The molecule has 0 unspecified atom stereocenters. The van der Waals surface area contributed by atoms with Crippen LogP contribution in [0.1, 0.15) is 28.2 Å². The Morgan fingerprint density at radius 2 is 1.93 bits per heavy atom. The molecule has 7 heteroatoms. The van der Waals surface area contributed by atoms with Gasteiger partial charge in [-0.2, -0.15) is 0 Å². The Balaban J connectivity index is 1.59. The van der Waals surface area contributed by atoms with E-state index in [0.717, 1.165) is 13.1 Å². The monoisotopic (exact) mass is 433 g/mol. The van der Waals surface area contributed by atoms with Crippen molar-refractivity contribution in [2.24, 2.45) is 0 Å². The third-order valence-electron chi connectivity index (χ3n) is 5.39. The average molecular weight is 434 g/mol. The number of amides is 1. The van der Waals surface area contributed by atoms with Crippen molar-refractivity contribution in [3.8, 4) is 0 Å². The standard InChI is InChI=1S/C22H22ClFN2O2S/c1-14(20(15-5-3-2-4-6-15)26-9-11-28-12-10-26)25-22(27)21-19(23)17-8-7-16(24)13-18(17)29-21/h2-8,13-14,20H,9-12H2,1H3,(H,25,27)/p+1/t14-,20+/m1/s1. The molecule has 2 aromatic carbocycles. The number of quaternary nitrogens is 1. The Labute approximate surface area is 178 Å². The van der Waals surface area contributed by atoms with Crippen LogP contribution < -0.4 is 10.2 Å². The maximum Gasteiger partial charge on any atom is 0.263 e. The second-order valence-electron chi connectivity index (χ2n) is 7.31. The molecule has 2 atom stereocenters. The van der Waals surface area contributed by atoms with Gasteiger partial charge >= 0.3 is 0 Å². The lowest BCUT2D eigenvalue weighted by atomic mass is 9.98. The van der Waals surface area contributed by atoms with E-state index in [1.54, 1.807) is 6.07 Å². The summed E-state index contributed by atoms with van der Waals surface area (Å²) < 4.78 is 19.7. The van der Waals surface area contributed by atoms with Crippen molar-refractivity contribution in [1.29, 1.82) is 0 Å². The van der Waals surface area contributed by atoms with Crippen molar-refractivity contribution in [3.63, 3.8) is 0 Å². The van der Waals surface area contributed by atoms with Gasteiger partial charge in [-0.15, -0.1) is 11.3 Å². The molecule has 1 aliphatic rings. The van der Waals surface area contributed by atoms with Crippen LogP contribution in [-0.4, -0.2) is 38.3 Å². The third-order valence-corrected chi connectivity index (χ3v) is 7.05. The largest absolute Gasteiger partial charge is 0.370 e. The summed E-state index contributed by atoms with van der Waals surface area (Å²) in [5.41, 5.74) is 1.18. The number of carbonyl (C=O) groups is 1. The van der Waals surface area contributed by atoms with Crippen molar-refractivity contribution in [1.82, 2.24) is 5.32 Å². The summed E-state index contributed by atoms with van der Waals surface area (Å²) >= 11 is 7.66. The first-order valence-electron chi connectivity index (χ1n) is 9.70. The summed E-state index contributed by atoms with van der Waals surface area (Å²) in [4.78, 5) is 14.8. The van der Waals surface area contributed by atoms with Gasteiger partial charge in [-0.3, -0.25) is 4.79 Å². The molecule has 0 saturated carbocycles. The van der Waals surface area contributed by atoms with Crippen LogP contribution in [0.2, 0.25) is 5.02 Å². The topological polar surface area (TPSA) is 42.8 Å². The van der Waals surface area contributed by atoms with Crippen LogP contribution in [0.3, 0.4) is 0 Å². The molecule has 29 heavy (non-hydrogen) atoms. The van der Waals surface area contributed by atoms with Crippen LogP contribution in [0.15, 0.2) is 48.5 Å². The van der Waals surface area contributed by atoms with Crippen molar-refractivity contribution in [3.05, 3.63) is 69.8 Å². The van der Waals surface area contributed by atoms with Crippen LogP contribution in [0, 0.1) is 5.82 Å². The third kappa shape index (κ3) is 4.31. The number of thiophene rings is 1. The minimum absolute atomic E-state index is 0.106. The van der Waals surface area contributed by atoms with E-state index >= 15 is 0 Å². The van der Waals surface area contributed by atoms with Gasteiger partial charge in [0.25, 0.3) is 5.91 Å². The molecule has 1 amide bonds. The summed E-state index contributed by atoms with van der Waals surface area (Å²) in [6, 6.07) is 14.6. The van der Waals surface area contributed by atoms with E-state index in [0.29, 0.717) is 33.2 Å². The SMILES string of the molecule is C[C@@H](NC(=O)c1sc2cc(F)ccc2c1Cl)[C@@H](c1ccccc1)[NH+]1CCOCC1. The molecule has 1 aliphatic heterocycles. The average Bonchev–Trinajstić information content (AvgIpc) is 3.05. The summed E-state index contributed by atoms with van der Waals surface area (Å²) in [5, 5.41) is 4.22. The summed E-state index contributed by atoms with van der Waals surface area (Å²) in [7, 11) is 0. The van der Waals surface area contributed by atoms with Crippen LogP contribution in [0.4, 0.5) is 4.39 Å². The van der Waals surface area contributed by atoms with Gasteiger partial charge in [0.2, 0.25) is 0 Å². The molecule has 152 valence electrons. The number of hydrogen-bond donors (Lipinski definition) is 2. The van der Waals surface area contributed by atoms with E-state index in [1.165, 1.54) is 33.9 Å². The van der Waals surface area contributed by atoms with Gasteiger partial charge in [-0.05, 0) is 25.1 Å². The van der Waals surface area contributed by atoms with Crippen molar-refractivity contribution < 1.29 is 18.8 Å². The molecular weight excluding hydrogens is 411 g/mol. The Morgan fingerprint density at radius 1 is 1.21 bits per heavy atom.